The highest BCUT2D eigenvalue weighted by molar-refractivity contribution is 5.88. The lowest BCUT2D eigenvalue weighted by molar-refractivity contribution is -0.135. The van der Waals surface area contributed by atoms with Crippen LogP contribution in [0.15, 0.2) is 0 Å². The van der Waals surface area contributed by atoms with Gasteiger partial charge in [-0.3, -0.25) is 14.4 Å². The largest absolute Gasteiger partial charge is 0.339 e. The molecule has 1 aliphatic heterocycles. The third-order valence-electron chi connectivity index (χ3n) is 4.00. The van der Waals surface area contributed by atoms with Gasteiger partial charge >= 0.3 is 0 Å². The standard InChI is InChI=1S/C13H22N2O3/c1-18-14-13(17)10-8-12(16)15(9-10)11-6-4-2-3-5-7-11/h10-11H,2-9H2,1H3,(H,14,17)/t10-/m0/s1. The zero-order chi connectivity index (χ0) is 13.0. The topological polar surface area (TPSA) is 58.6 Å². The van der Waals surface area contributed by atoms with Crippen molar-refractivity contribution in [3.8, 4) is 0 Å². The number of carbonyl (C=O) groups excluding carboxylic acids is 2. The lowest BCUT2D eigenvalue weighted by atomic mass is 10.1. The Morgan fingerprint density at radius 3 is 2.56 bits per heavy atom. The van der Waals surface area contributed by atoms with Gasteiger partial charge in [-0.2, -0.15) is 0 Å². The molecule has 0 aromatic carbocycles. The van der Waals surface area contributed by atoms with Gasteiger partial charge in [0.15, 0.2) is 0 Å². The van der Waals surface area contributed by atoms with Crippen LogP contribution in [0, 0.1) is 5.92 Å². The molecule has 2 amide bonds. The van der Waals surface area contributed by atoms with E-state index in [4.69, 9.17) is 0 Å². The van der Waals surface area contributed by atoms with E-state index in [0.717, 1.165) is 12.8 Å². The Balaban J connectivity index is 1.93. The van der Waals surface area contributed by atoms with Crippen molar-refractivity contribution in [3.63, 3.8) is 0 Å². The van der Waals surface area contributed by atoms with E-state index in [1.54, 1.807) is 0 Å². The van der Waals surface area contributed by atoms with E-state index in [0.29, 0.717) is 19.0 Å². The highest BCUT2D eigenvalue weighted by Gasteiger charge is 2.37. The third kappa shape index (κ3) is 3.02. The fourth-order valence-electron chi connectivity index (χ4n) is 3.01. The quantitative estimate of drug-likeness (QED) is 0.609. The van der Waals surface area contributed by atoms with Crippen molar-refractivity contribution in [2.24, 2.45) is 5.92 Å². The first-order chi connectivity index (χ1) is 8.72. The zero-order valence-electron chi connectivity index (χ0n) is 11.0. The van der Waals surface area contributed by atoms with Gasteiger partial charge in [-0.05, 0) is 12.8 Å². The van der Waals surface area contributed by atoms with Gasteiger partial charge in [0, 0.05) is 19.0 Å². The smallest absolute Gasteiger partial charge is 0.248 e. The van der Waals surface area contributed by atoms with Gasteiger partial charge in [0.25, 0.3) is 0 Å². The first-order valence-corrected chi connectivity index (χ1v) is 6.84. The fraction of sp³-hybridized carbons (Fsp3) is 0.846. The Hall–Kier alpha value is -1.10. The summed E-state index contributed by atoms with van der Waals surface area (Å²) >= 11 is 0. The van der Waals surface area contributed by atoms with E-state index >= 15 is 0 Å². The van der Waals surface area contributed by atoms with Crippen LogP contribution >= 0.6 is 0 Å². The number of carbonyl (C=O) groups is 2. The molecule has 0 radical (unpaired) electrons. The minimum absolute atomic E-state index is 0.123. The highest BCUT2D eigenvalue weighted by atomic mass is 16.6. The summed E-state index contributed by atoms with van der Waals surface area (Å²) in [6.07, 6.45) is 7.44. The fourth-order valence-corrected chi connectivity index (χ4v) is 3.01. The average molecular weight is 254 g/mol. The molecule has 5 nitrogen and oxygen atoms in total. The lowest BCUT2D eigenvalue weighted by Gasteiger charge is -2.27. The predicted octanol–water partition coefficient (Wildman–Crippen LogP) is 1.24. The van der Waals surface area contributed by atoms with Gasteiger partial charge in [0.05, 0.1) is 13.0 Å². The van der Waals surface area contributed by atoms with Crippen molar-refractivity contribution in [2.75, 3.05) is 13.7 Å². The van der Waals surface area contributed by atoms with Crippen LogP contribution in [0.3, 0.4) is 0 Å². The number of nitrogens with zero attached hydrogens (tertiary/aromatic N) is 1. The number of hydroxylamine groups is 1. The number of hydrogen-bond donors (Lipinski definition) is 1. The summed E-state index contributed by atoms with van der Waals surface area (Å²) < 4.78 is 0. The Morgan fingerprint density at radius 1 is 1.28 bits per heavy atom. The average Bonchev–Trinajstić information content (AvgIpc) is 2.58. The Kier molecular flexibility index (Phi) is 4.58. The lowest BCUT2D eigenvalue weighted by Crippen LogP contribution is -2.38. The van der Waals surface area contributed by atoms with Crippen LogP contribution in [0.2, 0.25) is 0 Å². The summed E-state index contributed by atoms with van der Waals surface area (Å²) in [5.74, 6) is -0.305. The molecule has 2 aliphatic rings. The maximum absolute atomic E-state index is 12.0. The van der Waals surface area contributed by atoms with Crippen LogP contribution in [-0.4, -0.2) is 36.4 Å². The molecular weight excluding hydrogens is 232 g/mol. The first kappa shape index (κ1) is 13.3. The summed E-state index contributed by atoms with van der Waals surface area (Å²) in [4.78, 5) is 30.2. The Labute approximate surface area is 108 Å². The molecule has 2 fully saturated rings. The van der Waals surface area contributed by atoms with Crippen molar-refractivity contribution in [1.29, 1.82) is 0 Å². The number of hydrogen-bond acceptors (Lipinski definition) is 3. The van der Waals surface area contributed by atoms with Crippen molar-refractivity contribution in [3.05, 3.63) is 0 Å². The SMILES string of the molecule is CONC(=O)[C@H]1CC(=O)N(C2CCCCCC2)C1. The van der Waals surface area contributed by atoms with E-state index < -0.39 is 0 Å². The predicted molar refractivity (Wildman–Crippen MR) is 66.5 cm³/mol. The van der Waals surface area contributed by atoms with Gasteiger partial charge in [0.1, 0.15) is 0 Å². The van der Waals surface area contributed by atoms with Gasteiger partial charge in [0.2, 0.25) is 11.8 Å². The van der Waals surface area contributed by atoms with Crippen LogP contribution in [0.4, 0.5) is 0 Å². The zero-order valence-corrected chi connectivity index (χ0v) is 11.0. The molecule has 1 aliphatic carbocycles. The van der Waals surface area contributed by atoms with E-state index in [2.05, 4.69) is 10.3 Å². The molecule has 0 spiro atoms. The van der Waals surface area contributed by atoms with Crippen molar-refractivity contribution in [1.82, 2.24) is 10.4 Å². The van der Waals surface area contributed by atoms with Gasteiger partial charge in [-0.25, -0.2) is 5.48 Å². The maximum Gasteiger partial charge on any atom is 0.248 e. The van der Waals surface area contributed by atoms with Crippen LogP contribution in [0.25, 0.3) is 0 Å². The molecule has 102 valence electrons. The molecular formula is C13H22N2O3. The Morgan fingerprint density at radius 2 is 1.94 bits per heavy atom. The maximum atomic E-state index is 12.0. The number of amides is 2. The minimum Gasteiger partial charge on any atom is -0.339 e. The summed E-state index contributed by atoms with van der Waals surface area (Å²) in [5.41, 5.74) is 2.33. The molecule has 0 unspecified atom stereocenters. The van der Waals surface area contributed by atoms with E-state index in [-0.39, 0.29) is 17.7 Å². The van der Waals surface area contributed by atoms with E-state index in [9.17, 15) is 9.59 Å². The van der Waals surface area contributed by atoms with Gasteiger partial charge in [-0.15, -0.1) is 0 Å². The van der Waals surface area contributed by atoms with Crippen LogP contribution in [-0.2, 0) is 14.4 Å². The van der Waals surface area contributed by atoms with E-state index in [1.807, 2.05) is 4.90 Å². The minimum atomic E-state index is -0.249. The molecule has 0 bridgehead atoms. The molecule has 0 aromatic heterocycles. The summed E-state index contributed by atoms with van der Waals surface area (Å²) in [7, 11) is 1.41. The van der Waals surface area contributed by atoms with Gasteiger partial charge in [-0.1, -0.05) is 25.7 Å². The first-order valence-electron chi connectivity index (χ1n) is 6.84. The van der Waals surface area contributed by atoms with Crippen LogP contribution in [0.5, 0.6) is 0 Å². The van der Waals surface area contributed by atoms with Crippen molar-refractivity contribution in [2.45, 2.75) is 51.0 Å². The molecule has 1 saturated carbocycles. The number of likely N-dealkylation sites (tertiary alicyclic amines) is 1. The van der Waals surface area contributed by atoms with Crippen LogP contribution < -0.4 is 5.48 Å². The number of nitrogens with one attached hydrogen (secondary N) is 1. The third-order valence-corrected chi connectivity index (χ3v) is 4.00. The molecule has 2 rings (SSSR count). The molecule has 1 atom stereocenters. The summed E-state index contributed by atoms with van der Waals surface area (Å²) in [6.45, 7) is 0.554. The molecule has 1 heterocycles. The molecule has 0 aromatic rings. The normalized spacial score (nSPS) is 26.2. The second-order valence-electron chi connectivity index (χ2n) is 5.26. The molecule has 18 heavy (non-hydrogen) atoms. The number of rotatable bonds is 3. The van der Waals surface area contributed by atoms with Gasteiger partial charge < -0.3 is 4.90 Å². The van der Waals surface area contributed by atoms with Crippen molar-refractivity contribution < 1.29 is 14.4 Å². The van der Waals surface area contributed by atoms with Crippen molar-refractivity contribution >= 4 is 11.8 Å². The molecule has 1 saturated heterocycles. The van der Waals surface area contributed by atoms with E-state index in [1.165, 1.54) is 32.8 Å². The highest BCUT2D eigenvalue weighted by Crippen LogP contribution is 2.28. The Bertz CT molecular complexity index is 311. The molecule has 5 heteroatoms. The summed E-state index contributed by atoms with van der Waals surface area (Å²) in [5, 5.41) is 0. The second kappa shape index (κ2) is 6.18. The second-order valence-corrected chi connectivity index (χ2v) is 5.26. The van der Waals surface area contributed by atoms with Crippen LogP contribution in [0.1, 0.15) is 44.9 Å². The molecule has 1 N–H and O–H groups in total. The monoisotopic (exact) mass is 254 g/mol. The summed E-state index contributed by atoms with van der Waals surface area (Å²) in [6, 6.07) is 0.348.